The van der Waals surface area contributed by atoms with Crippen molar-refractivity contribution >= 4 is 11.0 Å². The number of ether oxygens (including phenoxy) is 1. The smallest absolute Gasteiger partial charge is 0.343 e. The van der Waals surface area contributed by atoms with Crippen molar-refractivity contribution < 1.29 is 14.3 Å². The summed E-state index contributed by atoms with van der Waals surface area (Å²) in [7, 11) is 0. The van der Waals surface area contributed by atoms with E-state index in [9.17, 15) is 9.90 Å². The first-order chi connectivity index (χ1) is 12.2. The lowest BCUT2D eigenvalue weighted by molar-refractivity contribution is 0.362. The van der Waals surface area contributed by atoms with Crippen LogP contribution in [0, 0.1) is 0 Å². The van der Waals surface area contributed by atoms with E-state index >= 15 is 0 Å². The van der Waals surface area contributed by atoms with Crippen LogP contribution in [0.3, 0.4) is 0 Å². The Labute approximate surface area is 146 Å². The molecule has 128 valence electrons. The maximum atomic E-state index is 12.6. The predicted octanol–water partition coefficient (Wildman–Crippen LogP) is 4.61. The fraction of sp³-hybridized carbons (Fsp3) is 0.190. The molecule has 25 heavy (non-hydrogen) atoms. The first-order valence-electron chi connectivity index (χ1n) is 8.24. The van der Waals surface area contributed by atoms with Crippen LogP contribution in [-0.2, 0) is 0 Å². The molecule has 4 heteroatoms. The zero-order chi connectivity index (χ0) is 17.8. The van der Waals surface area contributed by atoms with Crippen LogP contribution in [0.15, 0.2) is 70.4 Å². The molecule has 0 spiro atoms. The number of aromatic hydroxyl groups is 1. The van der Waals surface area contributed by atoms with Crippen LogP contribution in [-0.4, -0.2) is 11.7 Å². The van der Waals surface area contributed by atoms with E-state index < -0.39 is 5.63 Å². The molecular formula is C21H20O4. The number of rotatable bonds is 6. The molecule has 1 heterocycles. The molecule has 0 amide bonds. The molecule has 1 atom stereocenters. The van der Waals surface area contributed by atoms with Crippen molar-refractivity contribution in [3.05, 3.63) is 82.7 Å². The van der Waals surface area contributed by atoms with Gasteiger partial charge in [0.1, 0.15) is 23.7 Å². The quantitative estimate of drug-likeness (QED) is 0.528. The van der Waals surface area contributed by atoms with E-state index in [4.69, 9.17) is 9.15 Å². The minimum atomic E-state index is -0.526. The molecule has 0 fully saturated rings. The molecule has 1 aromatic heterocycles. The third kappa shape index (κ3) is 3.29. The summed E-state index contributed by atoms with van der Waals surface area (Å²) in [5.74, 6) is 0.300. The monoisotopic (exact) mass is 336 g/mol. The van der Waals surface area contributed by atoms with Gasteiger partial charge in [0.25, 0.3) is 0 Å². The topological polar surface area (TPSA) is 59.7 Å². The molecule has 4 nitrogen and oxygen atoms in total. The van der Waals surface area contributed by atoms with Crippen LogP contribution in [0.2, 0.25) is 0 Å². The molecular weight excluding hydrogens is 316 g/mol. The standard InChI is InChI=1S/C21H20O4/c1-3-12-24-15-10-11-17-18(13-15)25-21(23)19(20(17)22)16(4-2)14-8-6-5-7-9-14/h3,5-11,13,16,22H,1,4,12H2,2H3. The summed E-state index contributed by atoms with van der Waals surface area (Å²) in [4.78, 5) is 12.6. The Morgan fingerprint density at radius 1 is 1.24 bits per heavy atom. The minimum Gasteiger partial charge on any atom is -0.507 e. The molecule has 1 unspecified atom stereocenters. The number of fused-ring (bicyclic) bond motifs is 1. The van der Waals surface area contributed by atoms with Gasteiger partial charge in [-0.2, -0.15) is 0 Å². The Morgan fingerprint density at radius 3 is 2.68 bits per heavy atom. The van der Waals surface area contributed by atoms with Crippen LogP contribution in [0.1, 0.15) is 30.4 Å². The highest BCUT2D eigenvalue weighted by Gasteiger charge is 2.23. The highest BCUT2D eigenvalue weighted by atomic mass is 16.5. The van der Waals surface area contributed by atoms with E-state index in [0.29, 0.717) is 35.3 Å². The Morgan fingerprint density at radius 2 is 2.00 bits per heavy atom. The van der Waals surface area contributed by atoms with E-state index in [1.54, 1.807) is 24.3 Å². The summed E-state index contributed by atoms with van der Waals surface area (Å²) >= 11 is 0. The van der Waals surface area contributed by atoms with E-state index in [1.807, 2.05) is 37.3 Å². The second-order valence-electron chi connectivity index (χ2n) is 5.78. The predicted molar refractivity (Wildman–Crippen MR) is 98.4 cm³/mol. The van der Waals surface area contributed by atoms with Gasteiger partial charge >= 0.3 is 5.63 Å². The summed E-state index contributed by atoms with van der Waals surface area (Å²) in [6.07, 6.45) is 2.31. The first kappa shape index (κ1) is 16.8. The van der Waals surface area contributed by atoms with E-state index in [2.05, 4.69) is 6.58 Å². The molecule has 0 radical (unpaired) electrons. The maximum Gasteiger partial charge on any atom is 0.343 e. The van der Waals surface area contributed by atoms with Crippen molar-refractivity contribution in [3.8, 4) is 11.5 Å². The highest BCUT2D eigenvalue weighted by Crippen LogP contribution is 2.36. The lowest BCUT2D eigenvalue weighted by Gasteiger charge is -2.17. The van der Waals surface area contributed by atoms with Crippen LogP contribution in [0.4, 0.5) is 0 Å². The molecule has 3 aromatic rings. The zero-order valence-corrected chi connectivity index (χ0v) is 14.1. The summed E-state index contributed by atoms with van der Waals surface area (Å²) in [6, 6.07) is 14.7. The summed E-state index contributed by atoms with van der Waals surface area (Å²) < 4.78 is 10.9. The van der Waals surface area contributed by atoms with Crippen molar-refractivity contribution in [3.63, 3.8) is 0 Å². The zero-order valence-electron chi connectivity index (χ0n) is 14.1. The number of hydrogen-bond acceptors (Lipinski definition) is 4. The van der Waals surface area contributed by atoms with Crippen LogP contribution >= 0.6 is 0 Å². The first-order valence-corrected chi connectivity index (χ1v) is 8.24. The average molecular weight is 336 g/mol. The van der Waals surface area contributed by atoms with Crippen LogP contribution < -0.4 is 10.4 Å². The molecule has 0 bridgehead atoms. The van der Waals surface area contributed by atoms with Crippen molar-refractivity contribution in [1.82, 2.24) is 0 Å². The van der Waals surface area contributed by atoms with Crippen molar-refractivity contribution in [2.24, 2.45) is 0 Å². The minimum absolute atomic E-state index is 0.0303. The van der Waals surface area contributed by atoms with Crippen molar-refractivity contribution in [2.75, 3.05) is 6.61 Å². The second kappa shape index (κ2) is 7.26. The lowest BCUT2D eigenvalue weighted by Crippen LogP contribution is -2.13. The molecule has 3 rings (SSSR count). The van der Waals surface area contributed by atoms with Gasteiger partial charge in [-0.3, -0.25) is 0 Å². The highest BCUT2D eigenvalue weighted by molar-refractivity contribution is 5.85. The van der Waals surface area contributed by atoms with Crippen LogP contribution in [0.5, 0.6) is 11.5 Å². The van der Waals surface area contributed by atoms with Gasteiger partial charge in [0.2, 0.25) is 0 Å². The lowest BCUT2D eigenvalue weighted by atomic mass is 9.89. The molecule has 0 aliphatic heterocycles. The summed E-state index contributed by atoms with van der Waals surface area (Å²) in [5.41, 5.74) is 1.04. The molecule has 0 aliphatic rings. The third-order valence-electron chi connectivity index (χ3n) is 4.21. The Bertz CT molecular complexity index is 941. The van der Waals surface area contributed by atoms with Gasteiger partial charge in [0, 0.05) is 12.0 Å². The summed E-state index contributed by atoms with van der Waals surface area (Å²) in [6.45, 7) is 5.93. The summed E-state index contributed by atoms with van der Waals surface area (Å²) in [5, 5.41) is 11.2. The molecule has 2 aromatic carbocycles. The fourth-order valence-electron chi connectivity index (χ4n) is 3.02. The van der Waals surface area contributed by atoms with Gasteiger partial charge in [-0.05, 0) is 24.1 Å². The maximum absolute atomic E-state index is 12.6. The van der Waals surface area contributed by atoms with Crippen molar-refractivity contribution in [1.29, 1.82) is 0 Å². The fourth-order valence-corrected chi connectivity index (χ4v) is 3.02. The normalized spacial score (nSPS) is 12.0. The van der Waals surface area contributed by atoms with E-state index in [-0.39, 0.29) is 11.7 Å². The molecule has 0 saturated heterocycles. The van der Waals surface area contributed by atoms with E-state index in [1.165, 1.54) is 0 Å². The second-order valence-corrected chi connectivity index (χ2v) is 5.78. The Balaban J connectivity index is 2.13. The van der Waals surface area contributed by atoms with Gasteiger partial charge in [0.05, 0.1) is 10.9 Å². The Kier molecular flexibility index (Phi) is 4.89. The van der Waals surface area contributed by atoms with Gasteiger partial charge in [0.15, 0.2) is 0 Å². The molecule has 0 aliphatic carbocycles. The number of benzene rings is 2. The average Bonchev–Trinajstić information content (AvgIpc) is 2.63. The third-order valence-corrected chi connectivity index (χ3v) is 4.21. The van der Waals surface area contributed by atoms with E-state index in [0.717, 1.165) is 5.56 Å². The molecule has 1 N–H and O–H groups in total. The van der Waals surface area contributed by atoms with Gasteiger partial charge in [-0.1, -0.05) is 49.9 Å². The number of hydrogen-bond donors (Lipinski definition) is 1. The Hall–Kier alpha value is -3.01. The van der Waals surface area contributed by atoms with Gasteiger partial charge in [-0.25, -0.2) is 4.79 Å². The van der Waals surface area contributed by atoms with Crippen molar-refractivity contribution in [2.45, 2.75) is 19.3 Å². The van der Waals surface area contributed by atoms with Crippen LogP contribution in [0.25, 0.3) is 11.0 Å². The largest absolute Gasteiger partial charge is 0.507 e. The van der Waals surface area contributed by atoms with Gasteiger partial charge in [-0.15, -0.1) is 0 Å². The SMILES string of the molecule is C=CCOc1ccc2c(O)c(C(CC)c3ccccc3)c(=O)oc2c1. The van der Waals surface area contributed by atoms with Gasteiger partial charge < -0.3 is 14.3 Å². The molecule has 0 saturated carbocycles.